The van der Waals surface area contributed by atoms with Crippen LogP contribution in [0.5, 0.6) is 5.75 Å². The Morgan fingerprint density at radius 1 is 1.10 bits per heavy atom. The summed E-state index contributed by atoms with van der Waals surface area (Å²) in [6.45, 7) is 4.92. The van der Waals surface area contributed by atoms with Gasteiger partial charge in [-0.05, 0) is 76.0 Å². The smallest absolute Gasteiger partial charge is 0.347 e. The minimum absolute atomic E-state index is 0.584. The summed E-state index contributed by atoms with van der Waals surface area (Å²) in [5, 5.41) is 12.6. The van der Waals surface area contributed by atoms with E-state index in [9.17, 15) is 9.90 Å². The molecular weight excluding hydrogens is 368 g/mol. The van der Waals surface area contributed by atoms with Crippen molar-refractivity contribution in [3.63, 3.8) is 0 Å². The van der Waals surface area contributed by atoms with Gasteiger partial charge in [-0.15, -0.1) is 0 Å². The zero-order valence-electron chi connectivity index (χ0n) is 17.0. The number of aromatic nitrogens is 1. The van der Waals surface area contributed by atoms with Crippen molar-refractivity contribution in [1.82, 2.24) is 10.3 Å². The molecule has 0 saturated heterocycles. The van der Waals surface area contributed by atoms with Crippen molar-refractivity contribution in [2.24, 2.45) is 0 Å². The molecule has 0 atom stereocenters. The molecule has 1 heterocycles. The summed E-state index contributed by atoms with van der Waals surface area (Å²) in [6.07, 6.45) is 3.69. The second-order valence-corrected chi connectivity index (χ2v) is 7.60. The third kappa shape index (κ3) is 6.06. The van der Waals surface area contributed by atoms with Crippen LogP contribution in [-0.4, -0.2) is 34.8 Å². The molecule has 0 aliphatic heterocycles. The van der Waals surface area contributed by atoms with E-state index in [1.807, 2.05) is 42.5 Å². The molecule has 0 fully saturated rings. The number of carboxylic acid groups (broad SMARTS) is 1. The molecule has 0 unspecified atom stereocenters. The van der Waals surface area contributed by atoms with Crippen LogP contribution in [0.1, 0.15) is 38.1 Å². The predicted octanol–water partition coefficient (Wildman–Crippen LogP) is 4.22. The van der Waals surface area contributed by atoms with E-state index in [2.05, 4.69) is 10.3 Å². The number of aryl methyl sites for hydroxylation is 2. The average molecular weight is 396 g/mol. The highest BCUT2D eigenvalue weighted by atomic mass is 16.5. The summed E-state index contributed by atoms with van der Waals surface area (Å²) in [5.74, 6) is 0.389. The van der Waals surface area contributed by atoms with Gasteiger partial charge in [0, 0.05) is 6.42 Å². The van der Waals surface area contributed by atoms with Crippen molar-refractivity contribution in [2.45, 2.75) is 45.1 Å². The highest BCUT2D eigenvalue weighted by molar-refractivity contribution is 5.76. The van der Waals surface area contributed by atoms with Crippen LogP contribution in [0, 0.1) is 0 Å². The number of nitrogens with one attached hydrogen (secondary N) is 1. The molecular formula is C23H28N2O4. The number of aliphatic carboxylic acids is 1. The molecule has 6 heteroatoms. The number of fused-ring (bicyclic) bond motifs is 1. The first-order valence-corrected chi connectivity index (χ1v) is 10.0. The third-order valence-corrected chi connectivity index (χ3v) is 4.69. The van der Waals surface area contributed by atoms with Gasteiger partial charge in [0.1, 0.15) is 11.3 Å². The Kier molecular flexibility index (Phi) is 6.88. The van der Waals surface area contributed by atoms with Gasteiger partial charge in [-0.25, -0.2) is 9.78 Å². The lowest BCUT2D eigenvalue weighted by Gasteiger charge is -2.21. The molecule has 0 spiro atoms. The fraction of sp³-hybridized carbons (Fsp3) is 0.391. The maximum Gasteiger partial charge on any atom is 0.347 e. The number of ether oxygens (including phenoxy) is 1. The maximum atomic E-state index is 11.2. The van der Waals surface area contributed by atoms with Gasteiger partial charge in [0.25, 0.3) is 0 Å². The minimum Gasteiger partial charge on any atom is -0.478 e. The zero-order chi connectivity index (χ0) is 20.7. The summed E-state index contributed by atoms with van der Waals surface area (Å²) >= 11 is 0. The van der Waals surface area contributed by atoms with Crippen LogP contribution in [0.4, 0.5) is 0 Å². The highest BCUT2D eigenvalue weighted by Gasteiger charge is 2.29. The van der Waals surface area contributed by atoms with Crippen molar-refractivity contribution in [1.29, 1.82) is 0 Å². The largest absolute Gasteiger partial charge is 0.478 e. The Morgan fingerprint density at radius 2 is 1.86 bits per heavy atom. The van der Waals surface area contributed by atoms with E-state index in [0.717, 1.165) is 61.3 Å². The number of rotatable bonds is 11. The van der Waals surface area contributed by atoms with Gasteiger partial charge >= 0.3 is 5.97 Å². The standard InChI is InChI=1S/C23H28N2O4/c1-23(2,22(26)27)29-18-10-5-8-17(16-18)9-6-14-24-15-7-13-21-25-19-11-3-4-12-20(19)28-21/h3-5,8,10-12,16,24H,6-7,9,13-15H2,1-2H3,(H,26,27). The minimum atomic E-state index is -1.24. The Labute approximate surface area is 170 Å². The molecule has 0 aliphatic carbocycles. The fourth-order valence-corrected chi connectivity index (χ4v) is 3.04. The van der Waals surface area contributed by atoms with Gasteiger partial charge < -0.3 is 19.6 Å². The van der Waals surface area contributed by atoms with Crippen molar-refractivity contribution in [3.8, 4) is 5.75 Å². The van der Waals surface area contributed by atoms with Crippen LogP contribution < -0.4 is 10.1 Å². The molecule has 6 nitrogen and oxygen atoms in total. The Hall–Kier alpha value is -2.86. The van der Waals surface area contributed by atoms with E-state index in [-0.39, 0.29) is 0 Å². The van der Waals surface area contributed by atoms with Crippen LogP contribution in [0.2, 0.25) is 0 Å². The molecule has 0 aliphatic rings. The summed E-state index contributed by atoms with van der Waals surface area (Å²) in [5.41, 5.74) is 1.65. The number of carboxylic acids is 1. The van der Waals surface area contributed by atoms with E-state index in [1.54, 1.807) is 19.9 Å². The van der Waals surface area contributed by atoms with Crippen molar-refractivity contribution < 1.29 is 19.1 Å². The lowest BCUT2D eigenvalue weighted by Crippen LogP contribution is -2.37. The number of carbonyl (C=O) groups is 1. The molecule has 154 valence electrons. The van der Waals surface area contributed by atoms with Gasteiger partial charge in [-0.2, -0.15) is 0 Å². The highest BCUT2D eigenvalue weighted by Crippen LogP contribution is 2.20. The summed E-state index contributed by atoms with van der Waals surface area (Å²) in [7, 11) is 0. The van der Waals surface area contributed by atoms with E-state index < -0.39 is 11.6 Å². The first-order chi connectivity index (χ1) is 13.9. The van der Waals surface area contributed by atoms with Crippen LogP contribution in [0.25, 0.3) is 11.1 Å². The molecule has 29 heavy (non-hydrogen) atoms. The summed E-state index contributed by atoms with van der Waals surface area (Å²) in [6, 6.07) is 15.5. The summed E-state index contributed by atoms with van der Waals surface area (Å²) in [4.78, 5) is 15.7. The number of nitrogens with zero attached hydrogens (tertiary/aromatic N) is 1. The lowest BCUT2D eigenvalue weighted by molar-refractivity contribution is -0.152. The first-order valence-electron chi connectivity index (χ1n) is 10.0. The first kappa shape index (κ1) is 20.9. The molecule has 3 aromatic rings. The fourth-order valence-electron chi connectivity index (χ4n) is 3.04. The topological polar surface area (TPSA) is 84.6 Å². The van der Waals surface area contributed by atoms with Gasteiger partial charge in [0.15, 0.2) is 17.1 Å². The van der Waals surface area contributed by atoms with Crippen molar-refractivity contribution >= 4 is 17.1 Å². The monoisotopic (exact) mass is 396 g/mol. The van der Waals surface area contributed by atoms with Crippen LogP contribution in [0.3, 0.4) is 0 Å². The molecule has 3 rings (SSSR count). The molecule has 1 aromatic heterocycles. The van der Waals surface area contributed by atoms with Crippen LogP contribution >= 0.6 is 0 Å². The van der Waals surface area contributed by atoms with Gasteiger partial charge in [-0.3, -0.25) is 0 Å². The Morgan fingerprint density at radius 3 is 2.62 bits per heavy atom. The third-order valence-electron chi connectivity index (χ3n) is 4.69. The van der Waals surface area contributed by atoms with Crippen LogP contribution in [-0.2, 0) is 17.6 Å². The zero-order valence-corrected chi connectivity index (χ0v) is 17.0. The lowest BCUT2D eigenvalue weighted by atomic mass is 10.1. The van der Waals surface area contributed by atoms with Gasteiger partial charge in [0.05, 0.1) is 0 Å². The van der Waals surface area contributed by atoms with E-state index in [1.165, 1.54) is 0 Å². The van der Waals surface area contributed by atoms with Crippen LogP contribution in [0.15, 0.2) is 52.9 Å². The van der Waals surface area contributed by atoms with Crippen molar-refractivity contribution in [3.05, 3.63) is 60.0 Å². The number of para-hydroxylation sites is 2. The Balaban J connectivity index is 1.34. The van der Waals surface area contributed by atoms with E-state index in [0.29, 0.717) is 5.75 Å². The molecule has 0 bridgehead atoms. The van der Waals surface area contributed by atoms with Gasteiger partial charge in [-0.1, -0.05) is 24.3 Å². The molecule has 0 radical (unpaired) electrons. The number of hydrogen-bond donors (Lipinski definition) is 2. The molecule has 2 N–H and O–H groups in total. The predicted molar refractivity (Wildman–Crippen MR) is 112 cm³/mol. The van der Waals surface area contributed by atoms with Gasteiger partial charge in [0.2, 0.25) is 0 Å². The van der Waals surface area contributed by atoms with Crippen molar-refractivity contribution in [2.75, 3.05) is 13.1 Å². The maximum absolute atomic E-state index is 11.2. The normalized spacial score (nSPS) is 11.7. The number of benzene rings is 2. The van der Waals surface area contributed by atoms with E-state index in [4.69, 9.17) is 9.15 Å². The number of oxazole rings is 1. The quantitative estimate of drug-likeness (QED) is 0.472. The molecule has 0 amide bonds. The Bertz CT molecular complexity index is 916. The molecule has 0 saturated carbocycles. The van der Waals surface area contributed by atoms with E-state index >= 15 is 0 Å². The average Bonchev–Trinajstić information content (AvgIpc) is 3.10. The second-order valence-electron chi connectivity index (χ2n) is 7.60. The number of hydrogen-bond acceptors (Lipinski definition) is 5. The summed E-state index contributed by atoms with van der Waals surface area (Å²) < 4.78 is 11.3. The molecule has 2 aromatic carbocycles. The second kappa shape index (κ2) is 9.56. The SMILES string of the molecule is CC(C)(Oc1cccc(CCCNCCCc2nc3ccccc3o2)c1)C(=O)O.